The van der Waals surface area contributed by atoms with Gasteiger partial charge in [0.05, 0.1) is 25.7 Å². The number of primary amides is 1. The lowest BCUT2D eigenvalue weighted by Crippen LogP contribution is -2.64. The van der Waals surface area contributed by atoms with Crippen molar-refractivity contribution in [2.75, 3.05) is 7.11 Å². The van der Waals surface area contributed by atoms with Gasteiger partial charge in [0.15, 0.2) is 0 Å². The second-order valence-corrected chi connectivity index (χ2v) is 9.44. The monoisotopic (exact) mass is 491 g/mol. The number of benzene rings is 1. The SMILES string of the molecule is COc1ccc(CC(NC(=O)C2(O)CC(O)C(O)C(NC(=O)Cc3cccs3)C2)C(N)=O)cc1. The van der Waals surface area contributed by atoms with Gasteiger partial charge < -0.3 is 36.4 Å². The molecule has 0 spiro atoms. The molecule has 1 fully saturated rings. The van der Waals surface area contributed by atoms with Crippen molar-refractivity contribution in [3.05, 3.63) is 52.2 Å². The van der Waals surface area contributed by atoms with Gasteiger partial charge in [0, 0.05) is 24.1 Å². The Balaban J connectivity index is 1.67. The summed E-state index contributed by atoms with van der Waals surface area (Å²) in [6, 6.07) is 8.23. The number of ether oxygens (including phenoxy) is 1. The fraction of sp³-hybridized carbons (Fsp3) is 0.435. The van der Waals surface area contributed by atoms with Crippen LogP contribution in [0.3, 0.4) is 0 Å². The van der Waals surface area contributed by atoms with Crippen molar-refractivity contribution in [1.29, 1.82) is 0 Å². The van der Waals surface area contributed by atoms with Gasteiger partial charge in [-0.25, -0.2) is 0 Å². The summed E-state index contributed by atoms with van der Waals surface area (Å²) >= 11 is 1.39. The van der Waals surface area contributed by atoms with E-state index in [1.807, 2.05) is 5.38 Å². The largest absolute Gasteiger partial charge is 0.497 e. The molecule has 0 bridgehead atoms. The Kier molecular flexibility index (Phi) is 8.26. The van der Waals surface area contributed by atoms with Crippen molar-refractivity contribution < 1.29 is 34.4 Å². The van der Waals surface area contributed by atoms with Crippen LogP contribution in [0.5, 0.6) is 5.75 Å². The van der Waals surface area contributed by atoms with Crippen molar-refractivity contribution in [3.63, 3.8) is 0 Å². The highest BCUT2D eigenvalue weighted by atomic mass is 32.1. The molecule has 184 valence electrons. The Morgan fingerprint density at radius 1 is 1.21 bits per heavy atom. The smallest absolute Gasteiger partial charge is 0.252 e. The van der Waals surface area contributed by atoms with Crippen LogP contribution in [0.4, 0.5) is 0 Å². The summed E-state index contributed by atoms with van der Waals surface area (Å²) in [5, 5.41) is 38.5. The van der Waals surface area contributed by atoms with Crippen molar-refractivity contribution in [3.8, 4) is 5.75 Å². The first-order chi connectivity index (χ1) is 16.1. The third-order valence-electron chi connectivity index (χ3n) is 5.84. The number of aliphatic hydroxyl groups is 3. The predicted octanol–water partition coefficient (Wildman–Crippen LogP) is -0.756. The zero-order valence-corrected chi connectivity index (χ0v) is 19.5. The second-order valence-electron chi connectivity index (χ2n) is 8.41. The van der Waals surface area contributed by atoms with Crippen molar-refractivity contribution in [2.45, 2.75) is 55.6 Å². The van der Waals surface area contributed by atoms with Gasteiger partial charge in [-0.2, -0.15) is 0 Å². The van der Waals surface area contributed by atoms with Crippen LogP contribution in [0.15, 0.2) is 41.8 Å². The molecule has 10 nitrogen and oxygen atoms in total. The molecule has 1 aliphatic carbocycles. The molecule has 1 aromatic carbocycles. The lowest BCUT2D eigenvalue weighted by atomic mass is 9.77. The average Bonchev–Trinajstić information content (AvgIpc) is 3.30. The number of carbonyl (C=O) groups is 3. The lowest BCUT2D eigenvalue weighted by Gasteiger charge is -2.41. The van der Waals surface area contributed by atoms with E-state index in [2.05, 4.69) is 10.6 Å². The van der Waals surface area contributed by atoms with Crippen LogP contribution in [0.2, 0.25) is 0 Å². The highest BCUT2D eigenvalue weighted by Crippen LogP contribution is 2.30. The van der Waals surface area contributed by atoms with Crippen LogP contribution in [-0.4, -0.2) is 70.0 Å². The summed E-state index contributed by atoms with van der Waals surface area (Å²) < 4.78 is 5.10. The predicted molar refractivity (Wildman–Crippen MR) is 124 cm³/mol. The lowest BCUT2D eigenvalue weighted by molar-refractivity contribution is -0.160. The molecule has 2 aromatic rings. The normalized spacial score (nSPS) is 25.2. The quantitative estimate of drug-likeness (QED) is 0.268. The van der Waals surface area contributed by atoms with E-state index < -0.39 is 54.0 Å². The standard InChI is InChI=1S/C23H29N3O7S/c1-33-14-6-4-13(5-7-14)9-16(21(24)30)26-22(31)23(32)11-17(20(29)18(27)12-23)25-19(28)10-15-3-2-8-34-15/h2-8,16-18,20,27,29,32H,9-12H2,1H3,(H2,24,30)(H,25,28)(H,26,31). The summed E-state index contributed by atoms with van der Waals surface area (Å²) in [6.45, 7) is 0. The highest BCUT2D eigenvalue weighted by Gasteiger charge is 2.49. The summed E-state index contributed by atoms with van der Waals surface area (Å²) in [7, 11) is 1.52. The molecule has 5 unspecified atom stereocenters. The van der Waals surface area contributed by atoms with Crippen LogP contribution in [-0.2, 0) is 27.2 Å². The second kappa shape index (κ2) is 11.0. The third kappa shape index (κ3) is 6.32. The molecule has 11 heteroatoms. The van der Waals surface area contributed by atoms with E-state index in [9.17, 15) is 29.7 Å². The summed E-state index contributed by atoms with van der Waals surface area (Å²) in [6.07, 6.45) is -3.51. The number of thiophene rings is 1. The number of hydrogen-bond acceptors (Lipinski definition) is 8. The Labute approximate surface area is 200 Å². The minimum Gasteiger partial charge on any atom is -0.497 e. The zero-order valence-electron chi connectivity index (χ0n) is 18.6. The number of nitrogens with two attached hydrogens (primary N) is 1. The number of hydrogen-bond donors (Lipinski definition) is 6. The molecular formula is C23H29N3O7S. The Morgan fingerprint density at radius 2 is 1.91 bits per heavy atom. The van der Waals surface area contributed by atoms with Crippen molar-refractivity contribution in [1.82, 2.24) is 10.6 Å². The van der Waals surface area contributed by atoms with Crippen LogP contribution >= 0.6 is 11.3 Å². The molecule has 0 aliphatic heterocycles. The first-order valence-corrected chi connectivity index (χ1v) is 11.6. The number of amides is 3. The minimum atomic E-state index is -2.13. The molecule has 34 heavy (non-hydrogen) atoms. The molecule has 7 N–H and O–H groups in total. The third-order valence-corrected chi connectivity index (χ3v) is 6.72. The van der Waals surface area contributed by atoms with E-state index in [4.69, 9.17) is 10.5 Å². The molecule has 1 heterocycles. The van der Waals surface area contributed by atoms with Gasteiger partial charge in [-0.3, -0.25) is 14.4 Å². The van der Waals surface area contributed by atoms with Crippen LogP contribution in [0, 0.1) is 0 Å². The van der Waals surface area contributed by atoms with Gasteiger partial charge in [-0.05, 0) is 29.1 Å². The topological polar surface area (TPSA) is 171 Å². The van der Waals surface area contributed by atoms with E-state index in [-0.39, 0.29) is 19.3 Å². The minimum absolute atomic E-state index is 0.0627. The van der Waals surface area contributed by atoms with E-state index >= 15 is 0 Å². The maximum Gasteiger partial charge on any atom is 0.252 e. The van der Waals surface area contributed by atoms with Crippen LogP contribution < -0.4 is 21.1 Å². The summed E-state index contributed by atoms with van der Waals surface area (Å²) in [5.74, 6) is -1.52. The average molecular weight is 492 g/mol. The van der Waals surface area contributed by atoms with Gasteiger partial charge in [0.25, 0.3) is 5.91 Å². The molecule has 1 saturated carbocycles. The summed E-state index contributed by atoms with van der Waals surface area (Å²) in [5.41, 5.74) is 4.03. The fourth-order valence-electron chi connectivity index (χ4n) is 3.97. The number of aliphatic hydroxyl groups excluding tert-OH is 2. The van der Waals surface area contributed by atoms with Crippen LogP contribution in [0.25, 0.3) is 0 Å². The highest BCUT2D eigenvalue weighted by molar-refractivity contribution is 7.10. The molecular weight excluding hydrogens is 462 g/mol. The Morgan fingerprint density at radius 3 is 2.50 bits per heavy atom. The molecule has 0 radical (unpaired) electrons. The van der Waals surface area contributed by atoms with Crippen molar-refractivity contribution >= 4 is 29.1 Å². The number of nitrogens with one attached hydrogen (secondary N) is 2. The number of methoxy groups -OCH3 is 1. The van der Waals surface area contributed by atoms with Gasteiger partial charge in [-0.1, -0.05) is 18.2 Å². The van der Waals surface area contributed by atoms with E-state index in [1.54, 1.807) is 36.4 Å². The number of carbonyl (C=O) groups excluding carboxylic acids is 3. The van der Waals surface area contributed by atoms with Gasteiger partial charge in [0.2, 0.25) is 11.8 Å². The first-order valence-electron chi connectivity index (χ1n) is 10.7. The Hall–Kier alpha value is -2.99. The fourth-order valence-corrected chi connectivity index (χ4v) is 4.67. The first kappa shape index (κ1) is 25.6. The molecule has 3 rings (SSSR count). The van der Waals surface area contributed by atoms with Gasteiger partial charge in [-0.15, -0.1) is 11.3 Å². The van der Waals surface area contributed by atoms with Crippen molar-refractivity contribution in [2.24, 2.45) is 5.73 Å². The Bertz CT molecular complexity index is 999. The zero-order chi connectivity index (χ0) is 24.9. The molecule has 5 atom stereocenters. The van der Waals surface area contributed by atoms with E-state index in [0.717, 1.165) is 4.88 Å². The maximum atomic E-state index is 13.0. The molecule has 0 saturated heterocycles. The summed E-state index contributed by atoms with van der Waals surface area (Å²) in [4.78, 5) is 38.1. The van der Waals surface area contributed by atoms with E-state index in [0.29, 0.717) is 11.3 Å². The molecule has 3 amide bonds. The maximum absolute atomic E-state index is 13.0. The molecule has 1 aliphatic rings. The van der Waals surface area contributed by atoms with Crippen LogP contribution in [0.1, 0.15) is 23.3 Å². The van der Waals surface area contributed by atoms with E-state index in [1.165, 1.54) is 18.4 Å². The molecule has 1 aromatic heterocycles. The number of rotatable bonds is 9. The van der Waals surface area contributed by atoms with Gasteiger partial charge >= 0.3 is 0 Å². The van der Waals surface area contributed by atoms with Gasteiger partial charge in [0.1, 0.15) is 23.5 Å².